The molecular formula is C66H43N3. The molecule has 0 bridgehead atoms. The van der Waals surface area contributed by atoms with Gasteiger partial charge in [0.1, 0.15) is 0 Å². The Morgan fingerprint density at radius 3 is 1.80 bits per heavy atom. The summed E-state index contributed by atoms with van der Waals surface area (Å²) in [4.78, 5) is 2.61. The van der Waals surface area contributed by atoms with Crippen molar-refractivity contribution >= 4 is 71.4 Å². The van der Waals surface area contributed by atoms with E-state index in [9.17, 15) is 0 Å². The molecule has 0 amide bonds. The molecule has 11 aromatic carbocycles. The maximum absolute atomic E-state index is 2.61. The van der Waals surface area contributed by atoms with Gasteiger partial charge in [-0.15, -0.1) is 0 Å². The van der Waals surface area contributed by atoms with E-state index in [0.717, 1.165) is 33.8 Å². The zero-order chi connectivity index (χ0) is 45.4. The molecule has 15 rings (SSSR count). The third kappa shape index (κ3) is 5.16. The molecule has 1 unspecified atom stereocenters. The summed E-state index contributed by atoms with van der Waals surface area (Å²) in [6.07, 6.45) is 0. The lowest BCUT2D eigenvalue weighted by Gasteiger charge is -2.36. The number of fused-ring (bicyclic) bond motifs is 10. The summed E-state index contributed by atoms with van der Waals surface area (Å²) in [7, 11) is 0. The molecule has 0 saturated heterocycles. The minimum absolute atomic E-state index is 0.596. The minimum atomic E-state index is -0.596. The van der Waals surface area contributed by atoms with Gasteiger partial charge in [0.25, 0.3) is 0 Å². The number of aromatic nitrogens is 2. The van der Waals surface area contributed by atoms with Crippen LogP contribution in [-0.4, -0.2) is 9.13 Å². The van der Waals surface area contributed by atoms with Gasteiger partial charge in [-0.25, -0.2) is 0 Å². The first-order chi connectivity index (χ1) is 34.2. The van der Waals surface area contributed by atoms with Crippen LogP contribution in [0, 0.1) is 0 Å². The van der Waals surface area contributed by atoms with Gasteiger partial charge in [0.15, 0.2) is 0 Å². The third-order valence-corrected chi connectivity index (χ3v) is 15.5. The maximum Gasteiger partial charge on any atom is 0.0624 e. The average molecular weight is 878 g/mol. The monoisotopic (exact) mass is 877 g/mol. The highest BCUT2D eigenvalue weighted by Gasteiger charge is 2.48. The molecule has 322 valence electrons. The number of hydrogen-bond donors (Lipinski definition) is 0. The summed E-state index contributed by atoms with van der Waals surface area (Å²) in [5, 5.41) is 7.43. The standard InChI is InChI=1S/C66H43N3/c1-66(54-32-18-23-42-22-8-9-26-46(42)54)55-33-19-31-52-49-29-12-16-36-58(49)69-59-37-17-13-30-50(59)53-41-61(64(66)63(62(52)55)65(53)69)68(56-34-14-10-27-47(56)43-20-4-2-5-21-43)45-38-39-51-48-28-11-15-35-57(48)67(60(51)40-45)44-24-6-3-7-25-44/h2-41H,1H3. The van der Waals surface area contributed by atoms with Crippen molar-refractivity contribution in [3.05, 3.63) is 259 Å². The summed E-state index contributed by atoms with van der Waals surface area (Å²) < 4.78 is 5.02. The summed E-state index contributed by atoms with van der Waals surface area (Å²) in [6.45, 7) is 2.51. The van der Waals surface area contributed by atoms with Crippen LogP contribution >= 0.6 is 0 Å². The van der Waals surface area contributed by atoms with Crippen LogP contribution < -0.4 is 4.90 Å². The SMILES string of the molecule is CC1(c2cccc3ccccc23)c2cccc3c2-c2c1c(N(c1ccc4c5ccccc5n(-c5ccccc5)c4c1)c1ccccc1-c1ccccc1)cc1c4ccccc4n(c21)-c1ccccc1-3. The van der Waals surface area contributed by atoms with E-state index in [1.165, 1.54) is 99.1 Å². The quantitative estimate of drug-likeness (QED) is 0.162. The Morgan fingerprint density at radius 1 is 0.377 bits per heavy atom. The van der Waals surface area contributed by atoms with Gasteiger partial charge >= 0.3 is 0 Å². The van der Waals surface area contributed by atoms with Crippen molar-refractivity contribution in [2.75, 3.05) is 4.90 Å². The summed E-state index contributed by atoms with van der Waals surface area (Å²) in [6, 6.07) is 90.4. The van der Waals surface area contributed by atoms with E-state index in [0.29, 0.717) is 0 Å². The van der Waals surface area contributed by atoms with E-state index in [2.05, 4.69) is 264 Å². The lowest BCUT2D eigenvalue weighted by atomic mass is 9.71. The molecule has 3 nitrogen and oxygen atoms in total. The molecule has 0 radical (unpaired) electrons. The van der Waals surface area contributed by atoms with Crippen molar-refractivity contribution in [2.24, 2.45) is 0 Å². The Kier molecular flexibility index (Phi) is 7.92. The zero-order valence-electron chi connectivity index (χ0n) is 37.9. The molecule has 0 spiro atoms. The first kappa shape index (κ1) is 38.2. The van der Waals surface area contributed by atoms with Crippen LogP contribution in [0.4, 0.5) is 17.1 Å². The van der Waals surface area contributed by atoms with Gasteiger partial charge in [0, 0.05) is 60.6 Å². The van der Waals surface area contributed by atoms with Crippen LogP contribution in [0.2, 0.25) is 0 Å². The fraction of sp³-hybridized carbons (Fsp3) is 0.0303. The van der Waals surface area contributed by atoms with Crippen LogP contribution in [0.1, 0.15) is 23.6 Å². The Hall–Kier alpha value is -8.92. The number of nitrogens with zero attached hydrogens (tertiary/aromatic N) is 3. The first-order valence-corrected chi connectivity index (χ1v) is 24.0. The largest absolute Gasteiger partial charge is 0.309 e. The average Bonchev–Trinajstić information content (AvgIpc) is 3.99. The second-order valence-corrected chi connectivity index (χ2v) is 18.9. The predicted molar refractivity (Wildman–Crippen MR) is 289 cm³/mol. The number of anilines is 3. The lowest BCUT2D eigenvalue weighted by molar-refractivity contribution is 0.721. The number of benzene rings is 11. The second-order valence-electron chi connectivity index (χ2n) is 18.9. The zero-order valence-corrected chi connectivity index (χ0v) is 37.9. The van der Waals surface area contributed by atoms with E-state index < -0.39 is 5.41 Å². The number of hydrogen-bond acceptors (Lipinski definition) is 1. The van der Waals surface area contributed by atoms with Crippen LogP contribution in [0.25, 0.3) is 99.1 Å². The first-order valence-electron chi connectivity index (χ1n) is 24.0. The van der Waals surface area contributed by atoms with Gasteiger partial charge in [0.2, 0.25) is 0 Å². The smallest absolute Gasteiger partial charge is 0.0624 e. The fourth-order valence-corrected chi connectivity index (χ4v) is 12.6. The molecule has 69 heavy (non-hydrogen) atoms. The van der Waals surface area contributed by atoms with Crippen molar-refractivity contribution in [1.29, 1.82) is 0 Å². The van der Waals surface area contributed by atoms with Gasteiger partial charge in [-0.1, -0.05) is 188 Å². The molecular weight excluding hydrogens is 835 g/mol. The Bertz CT molecular complexity index is 4260. The van der Waals surface area contributed by atoms with E-state index in [4.69, 9.17) is 0 Å². The molecule has 2 aliphatic rings. The Labute approximate surface area is 400 Å². The topological polar surface area (TPSA) is 13.1 Å². The van der Waals surface area contributed by atoms with Crippen molar-refractivity contribution < 1.29 is 0 Å². The summed E-state index contributed by atoms with van der Waals surface area (Å²) in [5.74, 6) is 0. The van der Waals surface area contributed by atoms with Gasteiger partial charge < -0.3 is 14.0 Å². The molecule has 1 atom stereocenters. The van der Waals surface area contributed by atoms with Crippen LogP contribution in [0.3, 0.4) is 0 Å². The van der Waals surface area contributed by atoms with E-state index >= 15 is 0 Å². The Balaban J connectivity index is 1.16. The highest BCUT2D eigenvalue weighted by atomic mass is 15.2. The van der Waals surface area contributed by atoms with Gasteiger partial charge in [-0.3, -0.25) is 0 Å². The van der Waals surface area contributed by atoms with E-state index in [1.807, 2.05) is 0 Å². The Morgan fingerprint density at radius 2 is 0.971 bits per heavy atom. The van der Waals surface area contributed by atoms with Gasteiger partial charge in [-0.05, 0) is 100 Å². The second kappa shape index (κ2) is 14.3. The van der Waals surface area contributed by atoms with Crippen LogP contribution in [-0.2, 0) is 5.41 Å². The molecule has 0 saturated carbocycles. The minimum Gasteiger partial charge on any atom is -0.309 e. The molecule has 0 fully saturated rings. The van der Waals surface area contributed by atoms with Crippen LogP contribution in [0.5, 0.6) is 0 Å². The molecule has 1 aliphatic carbocycles. The fourth-order valence-electron chi connectivity index (χ4n) is 12.6. The number of para-hydroxylation sites is 5. The highest BCUT2D eigenvalue weighted by molar-refractivity contribution is 6.22. The predicted octanol–water partition coefficient (Wildman–Crippen LogP) is 17.5. The molecule has 3 heteroatoms. The molecule has 0 N–H and O–H groups in total. The van der Waals surface area contributed by atoms with Crippen molar-refractivity contribution in [2.45, 2.75) is 12.3 Å². The third-order valence-electron chi connectivity index (χ3n) is 15.5. The summed E-state index contributed by atoms with van der Waals surface area (Å²) >= 11 is 0. The normalized spacial score (nSPS) is 14.5. The van der Waals surface area contributed by atoms with E-state index in [1.54, 1.807) is 0 Å². The summed E-state index contributed by atoms with van der Waals surface area (Å²) in [5.41, 5.74) is 21.3. The molecule has 1 aliphatic heterocycles. The molecule has 13 aromatic rings. The highest BCUT2D eigenvalue weighted by Crippen LogP contribution is 2.64. The maximum atomic E-state index is 2.61. The lowest BCUT2D eigenvalue weighted by Crippen LogP contribution is -2.26. The molecule has 2 aromatic heterocycles. The van der Waals surface area contributed by atoms with Crippen molar-refractivity contribution in [1.82, 2.24) is 9.13 Å². The number of rotatable bonds is 6. The van der Waals surface area contributed by atoms with Crippen molar-refractivity contribution in [3.63, 3.8) is 0 Å². The van der Waals surface area contributed by atoms with Gasteiger partial charge in [0.05, 0.1) is 39.1 Å². The van der Waals surface area contributed by atoms with E-state index in [-0.39, 0.29) is 0 Å². The van der Waals surface area contributed by atoms with Gasteiger partial charge in [-0.2, -0.15) is 0 Å². The van der Waals surface area contributed by atoms with Crippen LogP contribution in [0.15, 0.2) is 243 Å². The van der Waals surface area contributed by atoms with Crippen molar-refractivity contribution in [3.8, 4) is 44.8 Å². The molecule has 3 heterocycles.